The zero-order valence-corrected chi connectivity index (χ0v) is 16.7. The van der Waals surface area contributed by atoms with Gasteiger partial charge in [-0.05, 0) is 49.1 Å². The lowest BCUT2D eigenvalue weighted by Crippen LogP contribution is -2.27. The van der Waals surface area contributed by atoms with E-state index in [1.807, 2.05) is 18.4 Å². The Balaban J connectivity index is 2.26. The van der Waals surface area contributed by atoms with Crippen molar-refractivity contribution in [1.29, 1.82) is 0 Å². The molecule has 2 N–H and O–H groups in total. The van der Waals surface area contributed by atoms with Gasteiger partial charge in [0.15, 0.2) is 0 Å². The number of methoxy groups -OCH3 is 1. The first-order valence-electron chi connectivity index (χ1n) is 7.88. The Morgan fingerprint density at radius 1 is 1.15 bits per heavy atom. The molecule has 0 heterocycles. The van der Waals surface area contributed by atoms with E-state index in [-0.39, 0.29) is 10.8 Å². The minimum absolute atomic E-state index is 0.0967. The second kappa shape index (κ2) is 8.57. The van der Waals surface area contributed by atoms with Crippen molar-refractivity contribution in [3.8, 4) is 5.75 Å². The Labute approximate surface area is 158 Å². The fraction of sp³-hybridized carbons (Fsp3) is 0.278. The highest BCUT2D eigenvalue weighted by Crippen LogP contribution is 2.29. The number of rotatable bonds is 7. The van der Waals surface area contributed by atoms with Crippen molar-refractivity contribution in [1.82, 2.24) is 4.72 Å². The third-order valence-corrected chi connectivity index (χ3v) is 6.07. The Morgan fingerprint density at radius 3 is 2.35 bits per heavy atom. The molecule has 140 valence electrons. The summed E-state index contributed by atoms with van der Waals surface area (Å²) >= 11 is 1.43. The van der Waals surface area contributed by atoms with E-state index in [0.717, 1.165) is 10.5 Å². The minimum atomic E-state index is -3.75. The lowest BCUT2D eigenvalue weighted by atomic mass is 10.1. The fourth-order valence-corrected chi connectivity index (χ4v) is 4.19. The van der Waals surface area contributed by atoms with Crippen LogP contribution < -0.4 is 14.8 Å². The van der Waals surface area contributed by atoms with Crippen LogP contribution in [0.25, 0.3) is 0 Å². The quantitative estimate of drug-likeness (QED) is 0.703. The van der Waals surface area contributed by atoms with E-state index in [9.17, 15) is 13.2 Å². The largest absolute Gasteiger partial charge is 0.497 e. The van der Waals surface area contributed by atoms with Crippen LogP contribution in [-0.2, 0) is 14.8 Å². The normalized spacial score (nSPS) is 12.5. The monoisotopic (exact) mass is 394 g/mol. The van der Waals surface area contributed by atoms with Crippen molar-refractivity contribution in [2.75, 3.05) is 18.7 Å². The molecule has 0 radical (unpaired) electrons. The topological polar surface area (TPSA) is 84.5 Å². The second-order valence-electron chi connectivity index (χ2n) is 5.66. The van der Waals surface area contributed by atoms with Crippen LogP contribution in [0.5, 0.6) is 5.75 Å². The van der Waals surface area contributed by atoms with Gasteiger partial charge in [-0.3, -0.25) is 4.79 Å². The Bertz CT molecular complexity index is 881. The molecule has 2 aromatic rings. The maximum absolute atomic E-state index is 12.7. The van der Waals surface area contributed by atoms with E-state index >= 15 is 0 Å². The van der Waals surface area contributed by atoms with Gasteiger partial charge in [0.2, 0.25) is 15.9 Å². The molecule has 0 aliphatic carbocycles. The summed E-state index contributed by atoms with van der Waals surface area (Å²) in [4.78, 5) is 12.3. The summed E-state index contributed by atoms with van der Waals surface area (Å²) < 4.78 is 33.2. The SMILES string of the molecule is COc1ccc(C(C)NS(=O)(=O)c2ccc(SC)c(NC(C)=O)c2)cc1. The van der Waals surface area contributed by atoms with E-state index in [1.54, 1.807) is 32.2 Å². The molecule has 0 bridgehead atoms. The predicted octanol–water partition coefficient (Wildman–Crippen LogP) is 3.42. The molecule has 0 saturated heterocycles. The molecule has 0 aliphatic rings. The summed E-state index contributed by atoms with van der Waals surface area (Å²) in [5.41, 5.74) is 1.29. The molecule has 0 aromatic heterocycles. The van der Waals surface area contributed by atoms with Crippen LogP contribution in [0.15, 0.2) is 52.3 Å². The van der Waals surface area contributed by atoms with E-state index in [4.69, 9.17) is 4.74 Å². The number of hydrogen-bond acceptors (Lipinski definition) is 5. The number of hydrogen-bond donors (Lipinski definition) is 2. The first-order valence-corrected chi connectivity index (χ1v) is 10.6. The molecule has 1 amide bonds. The van der Waals surface area contributed by atoms with Crippen LogP contribution >= 0.6 is 11.8 Å². The van der Waals surface area contributed by atoms with Gasteiger partial charge < -0.3 is 10.1 Å². The number of carbonyl (C=O) groups excluding carboxylic acids is 1. The summed E-state index contributed by atoms with van der Waals surface area (Å²) in [7, 11) is -2.17. The van der Waals surface area contributed by atoms with Crippen LogP contribution in [0.3, 0.4) is 0 Å². The second-order valence-corrected chi connectivity index (χ2v) is 8.22. The van der Waals surface area contributed by atoms with Gasteiger partial charge in [-0.15, -0.1) is 11.8 Å². The summed E-state index contributed by atoms with van der Waals surface area (Å²) in [6, 6.07) is 11.4. The van der Waals surface area contributed by atoms with Gasteiger partial charge in [0.05, 0.1) is 17.7 Å². The van der Waals surface area contributed by atoms with E-state index in [1.165, 1.54) is 30.8 Å². The van der Waals surface area contributed by atoms with Crippen molar-refractivity contribution < 1.29 is 17.9 Å². The van der Waals surface area contributed by atoms with Gasteiger partial charge in [-0.25, -0.2) is 13.1 Å². The summed E-state index contributed by atoms with van der Waals surface area (Å²) in [6.07, 6.45) is 1.86. The lowest BCUT2D eigenvalue weighted by Gasteiger charge is -2.16. The zero-order valence-electron chi connectivity index (χ0n) is 15.1. The predicted molar refractivity (Wildman–Crippen MR) is 104 cm³/mol. The van der Waals surface area contributed by atoms with Gasteiger partial charge >= 0.3 is 0 Å². The van der Waals surface area contributed by atoms with Crippen LogP contribution in [0.2, 0.25) is 0 Å². The van der Waals surface area contributed by atoms with E-state index in [0.29, 0.717) is 11.4 Å². The van der Waals surface area contributed by atoms with Crippen molar-refractivity contribution in [3.63, 3.8) is 0 Å². The highest BCUT2D eigenvalue weighted by Gasteiger charge is 2.20. The number of ether oxygens (including phenoxy) is 1. The molecule has 0 spiro atoms. The first-order chi connectivity index (χ1) is 12.3. The average Bonchev–Trinajstić information content (AvgIpc) is 2.60. The van der Waals surface area contributed by atoms with Crippen molar-refractivity contribution in [3.05, 3.63) is 48.0 Å². The van der Waals surface area contributed by atoms with Crippen molar-refractivity contribution in [2.24, 2.45) is 0 Å². The number of sulfonamides is 1. The van der Waals surface area contributed by atoms with Crippen LogP contribution in [0.1, 0.15) is 25.5 Å². The fourth-order valence-electron chi connectivity index (χ4n) is 2.40. The standard InChI is InChI=1S/C18H22N2O4S2/c1-12(14-5-7-15(24-3)8-6-14)20-26(22,23)16-9-10-18(25-4)17(11-16)19-13(2)21/h5-12,20H,1-4H3,(H,19,21). The molecule has 1 unspecified atom stereocenters. The highest BCUT2D eigenvalue weighted by molar-refractivity contribution is 7.98. The van der Waals surface area contributed by atoms with Crippen LogP contribution in [-0.4, -0.2) is 27.7 Å². The van der Waals surface area contributed by atoms with Gasteiger partial charge in [0.25, 0.3) is 0 Å². The number of benzene rings is 2. The Morgan fingerprint density at radius 2 is 1.81 bits per heavy atom. The number of carbonyl (C=O) groups is 1. The van der Waals surface area contributed by atoms with Gasteiger partial charge in [-0.1, -0.05) is 12.1 Å². The number of thioether (sulfide) groups is 1. The third-order valence-electron chi connectivity index (χ3n) is 3.74. The molecule has 1 atom stereocenters. The smallest absolute Gasteiger partial charge is 0.241 e. The Kier molecular flexibility index (Phi) is 6.69. The lowest BCUT2D eigenvalue weighted by molar-refractivity contribution is -0.114. The zero-order chi connectivity index (χ0) is 19.3. The van der Waals surface area contributed by atoms with E-state index < -0.39 is 16.1 Å². The molecule has 2 rings (SSSR count). The highest BCUT2D eigenvalue weighted by atomic mass is 32.2. The van der Waals surface area contributed by atoms with Crippen LogP contribution in [0.4, 0.5) is 5.69 Å². The molecule has 0 aliphatic heterocycles. The Hall–Kier alpha value is -2.03. The average molecular weight is 395 g/mol. The van der Waals surface area contributed by atoms with E-state index in [2.05, 4.69) is 10.0 Å². The minimum Gasteiger partial charge on any atom is -0.497 e. The third kappa shape index (κ3) is 5.00. The van der Waals surface area contributed by atoms with Gasteiger partial charge in [0.1, 0.15) is 5.75 Å². The maximum Gasteiger partial charge on any atom is 0.241 e. The number of amides is 1. The molecular weight excluding hydrogens is 372 g/mol. The van der Waals surface area contributed by atoms with Gasteiger partial charge in [-0.2, -0.15) is 0 Å². The molecule has 6 nitrogen and oxygen atoms in total. The maximum atomic E-state index is 12.7. The van der Waals surface area contributed by atoms with Crippen molar-refractivity contribution >= 4 is 33.4 Å². The molecule has 26 heavy (non-hydrogen) atoms. The molecular formula is C18H22N2O4S2. The molecule has 2 aromatic carbocycles. The number of anilines is 1. The summed E-state index contributed by atoms with van der Waals surface area (Å²) in [5, 5.41) is 2.67. The number of nitrogens with one attached hydrogen (secondary N) is 2. The van der Waals surface area contributed by atoms with Gasteiger partial charge in [0, 0.05) is 17.9 Å². The molecule has 0 fully saturated rings. The summed E-state index contributed by atoms with van der Waals surface area (Å²) in [5.74, 6) is 0.450. The molecule has 8 heteroatoms. The first kappa shape index (κ1) is 20.3. The summed E-state index contributed by atoms with van der Waals surface area (Å²) in [6.45, 7) is 3.15. The van der Waals surface area contributed by atoms with Crippen LogP contribution in [0, 0.1) is 0 Å². The molecule has 0 saturated carbocycles. The van der Waals surface area contributed by atoms with Crippen molar-refractivity contribution in [2.45, 2.75) is 29.7 Å².